The van der Waals surface area contributed by atoms with Gasteiger partial charge in [0.2, 0.25) is 0 Å². The summed E-state index contributed by atoms with van der Waals surface area (Å²) in [7, 11) is 0. The number of rotatable bonds is 7. The van der Waals surface area contributed by atoms with Gasteiger partial charge in [0, 0.05) is 0 Å². The van der Waals surface area contributed by atoms with E-state index in [4.69, 9.17) is 0 Å². The summed E-state index contributed by atoms with van der Waals surface area (Å²) in [5.74, 6) is 0. The van der Waals surface area contributed by atoms with Crippen LogP contribution in [0.2, 0.25) is 0 Å². The molecule has 0 saturated heterocycles. The number of benzene rings is 3. The molecule has 0 aromatic heterocycles. The lowest BCUT2D eigenvalue weighted by Gasteiger charge is -2.06. The van der Waals surface area contributed by atoms with Crippen molar-refractivity contribution in [2.75, 3.05) is 0 Å². The van der Waals surface area contributed by atoms with Gasteiger partial charge < -0.3 is 0 Å². The maximum atomic E-state index is 3.32. The molecule has 0 unspecified atom stereocenters. The number of unbranched alkanes of at least 4 members (excludes halogenated alkanes) is 5. The minimum absolute atomic E-state index is 1.21. The second-order valence-corrected chi connectivity index (χ2v) is 6.31. The Morgan fingerprint density at radius 3 is 2.55 bits per heavy atom. The van der Waals surface area contributed by atoms with Gasteiger partial charge in [0.1, 0.15) is 0 Å². The first kappa shape index (κ1) is 15.1. The van der Waals surface area contributed by atoms with E-state index in [9.17, 15) is 0 Å². The van der Waals surface area contributed by atoms with Crippen LogP contribution in [0.1, 0.15) is 51.0 Å². The van der Waals surface area contributed by atoms with Gasteiger partial charge >= 0.3 is 0 Å². The topological polar surface area (TPSA) is 0 Å². The average Bonchev–Trinajstić information content (AvgIpc) is 2.56. The Kier molecular flexibility index (Phi) is 5.11. The molecule has 0 aliphatic rings. The molecule has 0 N–H and O–H groups in total. The third-order valence-corrected chi connectivity index (χ3v) is 4.50. The first-order chi connectivity index (χ1) is 10.9. The van der Waals surface area contributed by atoms with Gasteiger partial charge in [-0.05, 0) is 58.1 Å². The Morgan fingerprint density at radius 1 is 0.773 bits per heavy atom. The molecule has 113 valence electrons. The van der Waals surface area contributed by atoms with E-state index in [1.807, 2.05) is 6.07 Å². The minimum Gasteiger partial charge on any atom is -0.0654 e. The molecule has 22 heavy (non-hydrogen) atoms. The van der Waals surface area contributed by atoms with Crippen LogP contribution in [0.3, 0.4) is 0 Å². The Bertz CT molecular complexity index is 739. The van der Waals surface area contributed by atoms with Crippen LogP contribution in [-0.4, -0.2) is 0 Å². The van der Waals surface area contributed by atoms with E-state index in [-0.39, 0.29) is 0 Å². The summed E-state index contributed by atoms with van der Waals surface area (Å²) in [4.78, 5) is 0. The van der Waals surface area contributed by atoms with Crippen LogP contribution in [-0.2, 0) is 6.42 Å². The van der Waals surface area contributed by atoms with Gasteiger partial charge in [0.25, 0.3) is 0 Å². The molecule has 3 aromatic carbocycles. The predicted octanol–water partition coefficient (Wildman–Crippen LogP) is 6.70. The van der Waals surface area contributed by atoms with Gasteiger partial charge in [-0.1, -0.05) is 75.4 Å². The molecule has 1 radical (unpaired) electrons. The third kappa shape index (κ3) is 3.68. The zero-order valence-electron chi connectivity index (χ0n) is 13.6. The van der Waals surface area contributed by atoms with Gasteiger partial charge in [-0.2, -0.15) is 0 Å². The normalized spacial score (nSPS) is 11.3. The molecule has 0 saturated carbocycles. The number of aryl methyl sites for hydroxylation is 1. The van der Waals surface area contributed by atoms with Crippen molar-refractivity contribution in [2.45, 2.75) is 51.9 Å². The molecule has 0 aliphatic carbocycles. The summed E-state index contributed by atoms with van der Waals surface area (Å²) in [6, 6.07) is 21.0. The number of hydrogen-bond acceptors (Lipinski definition) is 0. The fourth-order valence-corrected chi connectivity index (χ4v) is 3.18. The fraction of sp³-hybridized carbons (Fsp3) is 0.364. The van der Waals surface area contributed by atoms with Crippen LogP contribution >= 0.6 is 0 Å². The number of hydrogen-bond donors (Lipinski definition) is 0. The van der Waals surface area contributed by atoms with E-state index in [1.165, 1.54) is 72.1 Å². The molecule has 0 heteroatoms. The molecule has 0 fully saturated rings. The van der Waals surface area contributed by atoms with Gasteiger partial charge in [-0.3, -0.25) is 0 Å². The molecular weight excluding hydrogens is 264 g/mol. The first-order valence-electron chi connectivity index (χ1n) is 8.70. The van der Waals surface area contributed by atoms with Crippen molar-refractivity contribution < 1.29 is 0 Å². The quantitative estimate of drug-likeness (QED) is 0.335. The maximum absolute atomic E-state index is 3.32. The van der Waals surface area contributed by atoms with E-state index in [0.29, 0.717) is 0 Å². The molecular formula is C22H25. The largest absolute Gasteiger partial charge is 0.0654 e. The second-order valence-electron chi connectivity index (χ2n) is 6.31. The fourth-order valence-electron chi connectivity index (χ4n) is 3.18. The highest BCUT2D eigenvalue weighted by Gasteiger charge is 2.00. The molecule has 3 rings (SSSR count). The summed E-state index contributed by atoms with van der Waals surface area (Å²) in [6.07, 6.45) is 9.40. The molecule has 0 nitrogen and oxygen atoms in total. The van der Waals surface area contributed by atoms with Gasteiger partial charge in [-0.25, -0.2) is 0 Å². The van der Waals surface area contributed by atoms with Crippen molar-refractivity contribution in [2.24, 2.45) is 0 Å². The van der Waals surface area contributed by atoms with Crippen LogP contribution < -0.4 is 0 Å². The Hall–Kier alpha value is -1.82. The second kappa shape index (κ2) is 7.45. The molecule has 0 atom stereocenters. The minimum atomic E-state index is 1.21. The van der Waals surface area contributed by atoms with E-state index >= 15 is 0 Å². The summed E-state index contributed by atoms with van der Waals surface area (Å²) in [5, 5.41) is 5.17. The van der Waals surface area contributed by atoms with Crippen molar-refractivity contribution >= 4 is 21.5 Å². The molecule has 0 spiro atoms. The van der Waals surface area contributed by atoms with Crippen molar-refractivity contribution in [1.29, 1.82) is 0 Å². The van der Waals surface area contributed by atoms with Crippen LogP contribution in [0, 0.1) is 6.07 Å². The third-order valence-electron chi connectivity index (χ3n) is 4.50. The molecule has 0 heterocycles. The molecule has 0 bridgehead atoms. The SMILES string of the molecule is CCCCCCCCc1ccc2cc3[c]cccc3cc2c1. The van der Waals surface area contributed by atoms with E-state index in [2.05, 4.69) is 55.5 Å². The van der Waals surface area contributed by atoms with Crippen molar-refractivity contribution in [3.05, 3.63) is 60.2 Å². The predicted molar refractivity (Wildman–Crippen MR) is 97.4 cm³/mol. The standard InChI is InChI=1S/C22H25/c1-2-3-4-5-6-7-10-18-13-14-21-16-19-11-8-9-12-20(19)17-22(21)15-18/h8-9,12-17H,2-7,10H2,1H3. The van der Waals surface area contributed by atoms with Gasteiger partial charge in [-0.15, -0.1) is 0 Å². The highest BCUT2D eigenvalue weighted by Crippen LogP contribution is 2.24. The van der Waals surface area contributed by atoms with E-state index in [0.717, 1.165) is 0 Å². The smallest absolute Gasteiger partial charge is 0.00988 e. The van der Waals surface area contributed by atoms with Gasteiger partial charge in [0.05, 0.1) is 0 Å². The van der Waals surface area contributed by atoms with Crippen LogP contribution in [0.25, 0.3) is 21.5 Å². The first-order valence-corrected chi connectivity index (χ1v) is 8.70. The summed E-state index contributed by atoms with van der Waals surface area (Å²) in [5.41, 5.74) is 1.47. The highest BCUT2D eigenvalue weighted by molar-refractivity contribution is 5.98. The van der Waals surface area contributed by atoms with Crippen molar-refractivity contribution in [1.82, 2.24) is 0 Å². The lowest BCUT2D eigenvalue weighted by molar-refractivity contribution is 0.607. The van der Waals surface area contributed by atoms with Crippen molar-refractivity contribution in [3.8, 4) is 0 Å². The maximum Gasteiger partial charge on any atom is -0.00988 e. The van der Waals surface area contributed by atoms with E-state index in [1.54, 1.807) is 0 Å². The molecule has 3 aromatic rings. The molecule has 0 amide bonds. The molecule has 0 aliphatic heterocycles. The Morgan fingerprint density at radius 2 is 1.64 bits per heavy atom. The monoisotopic (exact) mass is 289 g/mol. The van der Waals surface area contributed by atoms with Crippen molar-refractivity contribution in [3.63, 3.8) is 0 Å². The average molecular weight is 289 g/mol. The summed E-state index contributed by atoms with van der Waals surface area (Å²) >= 11 is 0. The van der Waals surface area contributed by atoms with Crippen LogP contribution in [0.15, 0.2) is 48.5 Å². The Labute approximate surface area is 134 Å². The zero-order chi connectivity index (χ0) is 15.2. The zero-order valence-corrected chi connectivity index (χ0v) is 13.6. The van der Waals surface area contributed by atoms with E-state index < -0.39 is 0 Å². The van der Waals surface area contributed by atoms with Crippen LogP contribution in [0.5, 0.6) is 0 Å². The number of fused-ring (bicyclic) bond motifs is 2. The highest BCUT2D eigenvalue weighted by atomic mass is 14.0. The van der Waals surface area contributed by atoms with Crippen LogP contribution in [0.4, 0.5) is 0 Å². The lowest BCUT2D eigenvalue weighted by atomic mass is 9.99. The summed E-state index contributed by atoms with van der Waals surface area (Å²) < 4.78 is 0. The lowest BCUT2D eigenvalue weighted by Crippen LogP contribution is -1.87. The summed E-state index contributed by atoms with van der Waals surface area (Å²) in [6.45, 7) is 2.27. The van der Waals surface area contributed by atoms with Gasteiger partial charge in [0.15, 0.2) is 0 Å². The Balaban J connectivity index is 1.68.